The fraction of sp³-hybridized carbons (Fsp3) is 0.269. The van der Waals surface area contributed by atoms with E-state index in [1.54, 1.807) is 30.5 Å². The van der Waals surface area contributed by atoms with Gasteiger partial charge in [0.05, 0.1) is 16.8 Å². The van der Waals surface area contributed by atoms with Crippen LogP contribution < -0.4 is 10.6 Å². The normalized spacial score (nSPS) is 15.2. The highest BCUT2D eigenvalue weighted by Gasteiger charge is 2.34. The predicted octanol–water partition coefficient (Wildman–Crippen LogP) is 2.74. The van der Waals surface area contributed by atoms with Gasteiger partial charge in [0.2, 0.25) is 5.91 Å². The Morgan fingerprint density at radius 1 is 1.05 bits per heavy atom. The maximum absolute atomic E-state index is 13.1. The molecule has 4 rings (SSSR count). The van der Waals surface area contributed by atoms with E-state index in [1.165, 1.54) is 12.1 Å². The fourth-order valence-corrected chi connectivity index (χ4v) is 4.76. The molecule has 2 aromatic carbocycles. The van der Waals surface area contributed by atoms with Gasteiger partial charge in [0.15, 0.2) is 0 Å². The molecule has 1 fully saturated rings. The van der Waals surface area contributed by atoms with Crippen LogP contribution in [-0.2, 0) is 21.2 Å². The first-order chi connectivity index (χ1) is 17.8. The maximum Gasteiger partial charge on any atom is 0.475 e. The lowest BCUT2D eigenvalue weighted by molar-refractivity contribution is -0.123. The van der Waals surface area contributed by atoms with Gasteiger partial charge in [0.25, 0.3) is 10.0 Å². The first kappa shape index (κ1) is 26.5. The third-order valence-corrected chi connectivity index (χ3v) is 7.34. The van der Waals surface area contributed by atoms with E-state index in [-0.39, 0.29) is 11.3 Å². The lowest BCUT2D eigenvalue weighted by atomic mass is 9.76. The first-order valence-corrected chi connectivity index (χ1v) is 13.5. The van der Waals surface area contributed by atoms with Crippen molar-refractivity contribution in [3.05, 3.63) is 84.6 Å². The molecule has 0 spiro atoms. The van der Waals surface area contributed by atoms with E-state index in [1.807, 2.05) is 36.4 Å². The summed E-state index contributed by atoms with van der Waals surface area (Å²) in [5.74, 6) is -1.30. The fourth-order valence-electron chi connectivity index (χ4n) is 3.85. The van der Waals surface area contributed by atoms with E-state index >= 15 is 0 Å². The summed E-state index contributed by atoms with van der Waals surface area (Å²) in [4.78, 5) is 17.3. The largest absolute Gasteiger partial charge is 0.475 e. The smallest absolute Gasteiger partial charge is 0.426 e. The van der Waals surface area contributed by atoms with E-state index in [9.17, 15) is 23.3 Å². The summed E-state index contributed by atoms with van der Waals surface area (Å²) in [5.41, 5.74) is 1.48. The summed E-state index contributed by atoms with van der Waals surface area (Å²) in [6.07, 6.45) is 5.40. The van der Waals surface area contributed by atoms with Crippen molar-refractivity contribution in [3.8, 4) is 0 Å². The van der Waals surface area contributed by atoms with Crippen LogP contribution >= 0.6 is 0 Å². The number of carbonyl (C=O) groups excluding carboxylic acids is 1. The highest BCUT2D eigenvalue weighted by Crippen LogP contribution is 2.33. The molecule has 9 nitrogen and oxygen atoms in total. The summed E-state index contributed by atoms with van der Waals surface area (Å²) in [6.45, 7) is 0. The van der Waals surface area contributed by atoms with Gasteiger partial charge >= 0.3 is 7.12 Å². The van der Waals surface area contributed by atoms with Gasteiger partial charge in [0.1, 0.15) is 5.82 Å². The van der Waals surface area contributed by atoms with Gasteiger partial charge in [-0.2, -0.15) is 12.8 Å². The monoisotopic (exact) mass is 520 g/mol. The van der Waals surface area contributed by atoms with Crippen LogP contribution in [0.4, 0.5) is 11.5 Å². The van der Waals surface area contributed by atoms with Gasteiger partial charge in [-0.25, -0.2) is 4.98 Å². The molecule has 0 saturated heterocycles. The van der Waals surface area contributed by atoms with Crippen LogP contribution in [-0.4, -0.2) is 48.6 Å². The molecule has 2 atom stereocenters. The molecule has 1 aliphatic rings. The molecule has 3 aromatic rings. The van der Waals surface area contributed by atoms with Gasteiger partial charge < -0.3 is 20.7 Å². The number of anilines is 2. The van der Waals surface area contributed by atoms with Gasteiger partial charge in [0, 0.05) is 18.1 Å². The third-order valence-electron chi connectivity index (χ3n) is 6.08. The van der Waals surface area contributed by atoms with Gasteiger partial charge in [-0.3, -0.25) is 4.79 Å². The second kappa shape index (κ2) is 12.1. The Hall–Kier alpha value is -3.54. The quantitative estimate of drug-likeness (QED) is 0.213. The minimum Gasteiger partial charge on any atom is -0.426 e. The summed E-state index contributed by atoms with van der Waals surface area (Å²) >= 11 is 0. The van der Waals surface area contributed by atoms with Gasteiger partial charge in [-0.1, -0.05) is 49.2 Å². The molecule has 1 unspecified atom stereocenters. The predicted molar refractivity (Wildman–Crippen MR) is 143 cm³/mol. The molecule has 4 N–H and O–H groups in total. The second-order valence-electron chi connectivity index (χ2n) is 9.10. The molecule has 1 heterocycles. The number of rotatable bonds is 12. The second-order valence-corrected chi connectivity index (χ2v) is 10.7. The number of nitrogens with zero attached hydrogens (tertiary/aromatic N) is 2. The summed E-state index contributed by atoms with van der Waals surface area (Å²) in [7, 11) is -5.78. The van der Waals surface area contributed by atoms with E-state index in [0.29, 0.717) is 23.8 Å². The van der Waals surface area contributed by atoms with Crippen molar-refractivity contribution in [2.45, 2.75) is 36.5 Å². The Morgan fingerprint density at radius 2 is 1.76 bits per heavy atom. The average molecular weight is 520 g/mol. The summed E-state index contributed by atoms with van der Waals surface area (Å²) < 4.78 is 29.7. The molecule has 37 heavy (non-hydrogen) atoms. The van der Waals surface area contributed by atoms with Crippen LogP contribution in [0.25, 0.3) is 0 Å². The molecular weight excluding hydrogens is 491 g/mol. The molecule has 11 heteroatoms. The van der Waals surface area contributed by atoms with E-state index in [2.05, 4.69) is 20.0 Å². The number of sulfonamides is 1. The standard InChI is InChI=1S/C26H29BN4O5S/c32-26(31-24(27(33)34)17-20-9-10-20)21(16-19-6-2-1-3-7-19)18-29-37(35,36)23-13-11-22(12-14-23)30-25-8-4-5-15-28-25/h1-8,11-15,18,20-21,24,33-34H,9-10,16-17H2,(H,28,30)(H,31,32)/t21?,24-/m0/s1. The number of amides is 1. The van der Waals surface area contributed by atoms with Crippen molar-refractivity contribution in [2.24, 2.45) is 16.2 Å². The number of nitrogens with one attached hydrogen (secondary N) is 2. The Bertz CT molecular complexity index is 1300. The van der Waals surface area contributed by atoms with Crippen LogP contribution in [0.15, 0.2) is 88.3 Å². The molecule has 0 aliphatic heterocycles. The lowest BCUT2D eigenvalue weighted by Crippen LogP contribution is -2.49. The molecule has 1 saturated carbocycles. The summed E-state index contributed by atoms with van der Waals surface area (Å²) in [5, 5.41) is 25.2. The number of aromatic nitrogens is 1. The molecule has 1 amide bonds. The number of hydrogen-bond acceptors (Lipinski definition) is 7. The highest BCUT2D eigenvalue weighted by atomic mass is 32.2. The molecule has 1 aliphatic carbocycles. The lowest BCUT2D eigenvalue weighted by Gasteiger charge is -2.20. The first-order valence-electron chi connectivity index (χ1n) is 12.1. The summed E-state index contributed by atoms with van der Waals surface area (Å²) in [6, 6.07) is 20.6. The van der Waals surface area contributed by atoms with Crippen LogP contribution in [0.3, 0.4) is 0 Å². The van der Waals surface area contributed by atoms with E-state index in [0.717, 1.165) is 24.6 Å². The molecule has 1 aromatic heterocycles. The SMILES string of the molecule is O=C(N[C@@H](CC1CC1)B(O)O)C(C=NS(=O)(=O)c1ccc(Nc2ccccn2)cc1)Cc1ccccc1. The molecule has 0 radical (unpaired) electrons. The highest BCUT2D eigenvalue weighted by molar-refractivity contribution is 7.90. The zero-order valence-corrected chi connectivity index (χ0v) is 21.0. The molecule has 192 valence electrons. The topological polar surface area (TPSA) is 141 Å². The van der Waals surface area contributed by atoms with Crippen molar-refractivity contribution in [2.75, 3.05) is 5.32 Å². The van der Waals surface area contributed by atoms with Crippen LogP contribution in [0.5, 0.6) is 0 Å². The van der Waals surface area contributed by atoms with Crippen LogP contribution in [0.1, 0.15) is 24.8 Å². The van der Waals surface area contributed by atoms with Crippen LogP contribution in [0, 0.1) is 11.8 Å². The minimum atomic E-state index is -4.08. The van der Waals surface area contributed by atoms with E-state index < -0.39 is 34.9 Å². The zero-order valence-electron chi connectivity index (χ0n) is 20.1. The Morgan fingerprint density at radius 3 is 2.38 bits per heavy atom. The van der Waals surface area contributed by atoms with Crippen molar-refractivity contribution in [3.63, 3.8) is 0 Å². The number of carbonyl (C=O) groups is 1. The average Bonchev–Trinajstić information content (AvgIpc) is 3.72. The number of benzene rings is 2. The van der Waals surface area contributed by atoms with E-state index in [4.69, 9.17) is 0 Å². The Kier molecular flexibility index (Phi) is 8.70. The van der Waals surface area contributed by atoms with Gasteiger partial charge in [-0.15, -0.1) is 0 Å². The van der Waals surface area contributed by atoms with Crippen molar-refractivity contribution >= 4 is 40.8 Å². The van der Waals surface area contributed by atoms with Crippen LogP contribution in [0.2, 0.25) is 0 Å². The van der Waals surface area contributed by atoms with Crippen molar-refractivity contribution in [1.29, 1.82) is 0 Å². The maximum atomic E-state index is 13.1. The Labute approximate surface area is 216 Å². The van der Waals surface area contributed by atoms with Gasteiger partial charge in [-0.05, 0) is 60.7 Å². The zero-order chi connectivity index (χ0) is 26.3. The minimum absolute atomic E-state index is 0.0217. The third kappa shape index (κ3) is 7.98. The Balaban J connectivity index is 1.49. The molecular formula is C26H29BN4O5S. The van der Waals surface area contributed by atoms with Crippen molar-refractivity contribution < 1.29 is 23.3 Å². The van der Waals surface area contributed by atoms with Crippen molar-refractivity contribution in [1.82, 2.24) is 10.3 Å². The number of hydrogen-bond donors (Lipinski definition) is 4. The number of pyridine rings is 1. The molecule has 0 bridgehead atoms.